The van der Waals surface area contributed by atoms with Crippen LogP contribution in [-0.2, 0) is 9.52 Å². The van der Waals surface area contributed by atoms with Gasteiger partial charge in [0, 0.05) is 11.5 Å². The van der Waals surface area contributed by atoms with Gasteiger partial charge in [-0.3, -0.25) is 4.21 Å². The molecular formula is C5H12OS. The Morgan fingerprint density at radius 2 is 1.71 bits per heavy atom. The van der Waals surface area contributed by atoms with Gasteiger partial charge in [-0.15, -0.1) is 0 Å². The quantitative estimate of drug-likeness (QED) is 0.466. The summed E-state index contributed by atoms with van der Waals surface area (Å²) in [5.41, 5.74) is 0. The molecule has 7 heavy (non-hydrogen) atoms. The molecule has 0 aliphatic heterocycles. The standard InChI is InChI=1S/C5H12OS/c1-5(2)7(3,4)6/h5H,3H2,1-2,4H3. The van der Waals surface area contributed by atoms with Gasteiger partial charge in [0.25, 0.3) is 0 Å². The minimum atomic E-state index is -1.74. The third-order valence-electron chi connectivity index (χ3n) is 0.997. The molecule has 1 nitrogen and oxygen atoms in total. The van der Waals surface area contributed by atoms with E-state index >= 15 is 0 Å². The van der Waals surface area contributed by atoms with Gasteiger partial charge in [-0.05, 0) is 15.4 Å². The Morgan fingerprint density at radius 3 is 1.71 bits per heavy atom. The van der Waals surface area contributed by atoms with Gasteiger partial charge >= 0.3 is 0 Å². The number of rotatable bonds is 1. The lowest BCUT2D eigenvalue weighted by atomic mass is 10.6. The molecule has 0 aromatic heterocycles. The van der Waals surface area contributed by atoms with Crippen molar-refractivity contribution in [1.29, 1.82) is 0 Å². The Kier molecular flexibility index (Phi) is 1.87. The van der Waals surface area contributed by atoms with Crippen molar-refractivity contribution in [3.05, 3.63) is 0 Å². The number of hydrogen-bond donors (Lipinski definition) is 0. The highest BCUT2D eigenvalue weighted by atomic mass is 32.2. The molecular weight excluding hydrogens is 108 g/mol. The van der Waals surface area contributed by atoms with Crippen molar-refractivity contribution in [2.24, 2.45) is 0 Å². The van der Waals surface area contributed by atoms with Crippen LogP contribution in [0.5, 0.6) is 0 Å². The van der Waals surface area contributed by atoms with E-state index in [0.29, 0.717) is 0 Å². The van der Waals surface area contributed by atoms with Gasteiger partial charge in [0.2, 0.25) is 0 Å². The van der Waals surface area contributed by atoms with E-state index in [1.54, 1.807) is 6.26 Å². The normalized spacial score (nSPS) is 19.4. The van der Waals surface area contributed by atoms with Crippen LogP contribution in [0.4, 0.5) is 0 Å². The lowest BCUT2D eigenvalue weighted by Crippen LogP contribution is -2.09. The average Bonchev–Trinajstić information content (AvgIpc) is 1.31. The fourth-order valence-electron chi connectivity index (χ4n) is 0. The largest absolute Gasteiger partial charge is 0.268 e. The monoisotopic (exact) mass is 120 g/mol. The highest BCUT2D eigenvalue weighted by molar-refractivity contribution is 8.00. The molecule has 0 N–H and O–H groups in total. The van der Waals surface area contributed by atoms with Crippen molar-refractivity contribution in [2.75, 3.05) is 6.26 Å². The molecule has 0 spiro atoms. The average molecular weight is 120 g/mol. The van der Waals surface area contributed by atoms with E-state index in [4.69, 9.17) is 0 Å². The molecule has 0 aromatic rings. The van der Waals surface area contributed by atoms with Gasteiger partial charge in [-0.1, -0.05) is 13.8 Å². The molecule has 2 heteroatoms. The molecule has 1 unspecified atom stereocenters. The Bertz CT molecular complexity index is 130. The van der Waals surface area contributed by atoms with Crippen molar-refractivity contribution < 1.29 is 4.21 Å². The maximum absolute atomic E-state index is 10.8. The van der Waals surface area contributed by atoms with E-state index in [0.717, 1.165) is 0 Å². The zero-order valence-electron chi connectivity index (χ0n) is 5.10. The summed E-state index contributed by atoms with van der Waals surface area (Å²) in [4.78, 5) is 0. The van der Waals surface area contributed by atoms with Gasteiger partial charge in [0.1, 0.15) is 0 Å². The Hall–Kier alpha value is 0.0200. The van der Waals surface area contributed by atoms with Gasteiger partial charge in [0.05, 0.1) is 0 Å². The van der Waals surface area contributed by atoms with E-state index in [1.807, 2.05) is 13.8 Å². The zero-order valence-corrected chi connectivity index (χ0v) is 5.92. The molecule has 0 radical (unpaired) electrons. The third-order valence-corrected chi connectivity index (χ3v) is 2.99. The van der Waals surface area contributed by atoms with Crippen LogP contribution in [0, 0.1) is 0 Å². The van der Waals surface area contributed by atoms with Gasteiger partial charge in [-0.25, -0.2) is 0 Å². The molecule has 0 saturated heterocycles. The first kappa shape index (κ1) is 7.02. The van der Waals surface area contributed by atoms with Crippen molar-refractivity contribution >= 4 is 15.4 Å². The van der Waals surface area contributed by atoms with Crippen molar-refractivity contribution in [3.63, 3.8) is 0 Å². The molecule has 0 aliphatic carbocycles. The van der Waals surface area contributed by atoms with Crippen LogP contribution in [0.3, 0.4) is 0 Å². The van der Waals surface area contributed by atoms with Crippen LogP contribution >= 0.6 is 0 Å². The molecule has 44 valence electrons. The summed E-state index contributed by atoms with van der Waals surface area (Å²) in [6, 6.07) is 0. The van der Waals surface area contributed by atoms with Crippen molar-refractivity contribution in [1.82, 2.24) is 0 Å². The second kappa shape index (κ2) is 1.86. The molecule has 0 rings (SSSR count). The first-order valence-electron chi connectivity index (χ1n) is 2.25. The summed E-state index contributed by atoms with van der Waals surface area (Å²) in [5, 5.41) is 0.215. The van der Waals surface area contributed by atoms with Gasteiger partial charge in [-0.2, -0.15) is 0 Å². The molecule has 0 amide bonds. The molecule has 0 saturated carbocycles. The van der Waals surface area contributed by atoms with Crippen molar-refractivity contribution in [3.8, 4) is 0 Å². The highest BCUT2D eigenvalue weighted by Gasteiger charge is 1.98. The summed E-state index contributed by atoms with van der Waals surface area (Å²) < 4.78 is 10.8. The predicted octanol–water partition coefficient (Wildman–Crippen LogP) is 0.741. The Balaban J connectivity index is 4.10. The third kappa shape index (κ3) is 2.68. The predicted molar refractivity (Wildman–Crippen MR) is 36.3 cm³/mol. The van der Waals surface area contributed by atoms with E-state index in [2.05, 4.69) is 5.87 Å². The summed E-state index contributed by atoms with van der Waals surface area (Å²) in [5.74, 6) is 3.50. The molecule has 0 aliphatic rings. The first-order chi connectivity index (χ1) is 2.94. The summed E-state index contributed by atoms with van der Waals surface area (Å²) in [7, 11) is -1.74. The van der Waals surface area contributed by atoms with Crippen LogP contribution in [0.25, 0.3) is 0 Å². The van der Waals surface area contributed by atoms with Crippen LogP contribution in [0.15, 0.2) is 0 Å². The van der Waals surface area contributed by atoms with E-state index in [-0.39, 0.29) is 5.25 Å². The maximum atomic E-state index is 10.8. The molecule has 1 atom stereocenters. The van der Waals surface area contributed by atoms with Crippen LogP contribution in [0.1, 0.15) is 13.8 Å². The van der Waals surface area contributed by atoms with Crippen molar-refractivity contribution in [2.45, 2.75) is 19.1 Å². The van der Waals surface area contributed by atoms with Crippen LogP contribution in [-0.4, -0.2) is 21.6 Å². The SMILES string of the molecule is C=S(C)(=O)C(C)C. The Labute approximate surface area is 45.7 Å². The smallest absolute Gasteiger partial charge is 0.0213 e. The minimum absolute atomic E-state index is 0.215. The summed E-state index contributed by atoms with van der Waals surface area (Å²) >= 11 is 0. The molecule has 0 fully saturated rings. The summed E-state index contributed by atoms with van der Waals surface area (Å²) in [6.45, 7) is 3.82. The first-order valence-corrected chi connectivity index (χ1v) is 4.45. The fourth-order valence-corrected chi connectivity index (χ4v) is 0. The minimum Gasteiger partial charge on any atom is -0.268 e. The fraction of sp³-hybridized carbons (Fsp3) is 0.800. The van der Waals surface area contributed by atoms with E-state index in [1.165, 1.54) is 0 Å². The molecule has 0 heterocycles. The highest BCUT2D eigenvalue weighted by Crippen LogP contribution is 1.92. The zero-order chi connectivity index (χ0) is 6.08. The maximum Gasteiger partial charge on any atom is 0.0213 e. The molecule has 0 bridgehead atoms. The van der Waals surface area contributed by atoms with Crippen LogP contribution in [0.2, 0.25) is 0 Å². The Morgan fingerprint density at radius 1 is 1.57 bits per heavy atom. The number of hydrogen-bond acceptors (Lipinski definition) is 1. The second-order valence-electron chi connectivity index (χ2n) is 2.12. The van der Waals surface area contributed by atoms with E-state index in [9.17, 15) is 4.21 Å². The topological polar surface area (TPSA) is 17.1 Å². The van der Waals surface area contributed by atoms with Gasteiger partial charge < -0.3 is 0 Å². The summed E-state index contributed by atoms with van der Waals surface area (Å²) in [6.07, 6.45) is 1.68. The van der Waals surface area contributed by atoms with Crippen LogP contribution < -0.4 is 0 Å². The second-order valence-corrected chi connectivity index (χ2v) is 5.21. The lowest BCUT2D eigenvalue weighted by molar-refractivity contribution is 0.678. The van der Waals surface area contributed by atoms with E-state index < -0.39 is 9.52 Å². The van der Waals surface area contributed by atoms with Gasteiger partial charge in [0.15, 0.2) is 0 Å². The lowest BCUT2D eigenvalue weighted by Gasteiger charge is -2.03. The molecule has 0 aromatic carbocycles.